The lowest BCUT2D eigenvalue weighted by molar-refractivity contribution is -0.180. The summed E-state index contributed by atoms with van der Waals surface area (Å²) in [6.07, 6.45) is 2.49. The summed E-state index contributed by atoms with van der Waals surface area (Å²) >= 11 is 0. The Morgan fingerprint density at radius 1 is 0.963 bits per heavy atom. The topological polar surface area (TPSA) is 38.7 Å². The van der Waals surface area contributed by atoms with E-state index in [1.807, 2.05) is 74.5 Å². The van der Waals surface area contributed by atoms with Crippen LogP contribution in [-0.2, 0) is 15.1 Å². The van der Waals surface area contributed by atoms with Crippen molar-refractivity contribution in [3.8, 4) is 0 Å². The highest BCUT2D eigenvalue weighted by Crippen LogP contribution is 2.62. The smallest absolute Gasteiger partial charge is 0.183 e. The summed E-state index contributed by atoms with van der Waals surface area (Å²) in [6, 6.07) is 20.0. The Balaban J connectivity index is 2.27. The van der Waals surface area contributed by atoms with E-state index in [-0.39, 0.29) is 6.10 Å². The zero-order chi connectivity index (χ0) is 19.5. The van der Waals surface area contributed by atoms with Crippen LogP contribution in [-0.4, -0.2) is 23.9 Å². The van der Waals surface area contributed by atoms with Gasteiger partial charge in [-0.15, -0.1) is 0 Å². The van der Waals surface area contributed by atoms with Gasteiger partial charge in [-0.25, -0.2) is 0 Å². The fourth-order valence-electron chi connectivity index (χ4n) is 4.17. The van der Waals surface area contributed by atoms with Gasteiger partial charge in [0.1, 0.15) is 11.4 Å². The van der Waals surface area contributed by atoms with Gasteiger partial charge in [0.15, 0.2) is 5.60 Å². The molecule has 0 amide bonds. The lowest BCUT2D eigenvalue weighted by Gasteiger charge is -2.57. The first-order valence-corrected chi connectivity index (χ1v) is 9.81. The lowest BCUT2D eigenvalue weighted by Crippen LogP contribution is -2.63. The number of unbranched alkanes of at least 4 members (excludes halogenated alkanes) is 1. The average Bonchev–Trinajstić information content (AvgIpc) is 2.68. The van der Waals surface area contributed by atoms with Gasteiger partial charge in [0.2, 0.25) is 0 Å². The van der Waals surface area contributed by atoms with E-state index in [4.69, 9.17) is 9.47 Å². The highest BCUT2D eigenvalue weighted by Gasteiger charge is 2.67. The van der Waals surface area contributed by atoms with Gasteiger partial charge in [-0.1, -0.05) is 80.4 Å². The van der Waals surface area contributed by atoms with Gasteiger partial charge in [0, 0.05) is 12.7 Å². The monoisotopic (exact) mass is 366 g/mol. The third-order valence-electron chi connectivity index (χ3n) is 5.34. The van der Waals surface area contributed by atoms with Crippen LogP contribution in [0.3, 0.4) is 0 Å². The molecule has 0 aliphatic heterocycles. The second kappa shape index (κ2) is 7.87. The summed E-state index contributed by atoms with van der Waals surface area (Å²) in [4.78, 5) is 0. The molecule has 2 aromatic rings. The molecule has 1 aliphatic carbocycles. The highest BCUT2D eigenvalue weighted by molar-refractivity contribution is 5.85. The molecule has 27 heavy (non-hydrogen) atoms. The molecule has 1 N–H and O–H groups in total. The van der Waals surface area contributed by atoms with Gasteiger partial charge in [0.25, 0.3) is 0 Å². The Labute approximate surface area is 162 Å². The lowest BCUT2D eigenvalue weighted by atomic mass is 9.57. The van der Waals surface area contributed by atoms with E-state index in [2.05, 4.69) is 6.92 Å². The van der Waals surface area contributed by atoms with Crippen LogP contribution in [0, 0.1) is 0 Å². The standard InChI is InChI=1S/C24H30O3/c1-5-6-17-23(25)21(19-13-9-7-10-14-19)22(27-18(2)3)24(23,26-4)20-15-11-8-12-16-20/h7-16,18,25H,5-6,17H2,1-4H3/t23-,24+/m1/s1. The maximum atomic E-state index is 12.0. The summed E-state index contributed by atoms with van der Waals surface area (Å²) in [5.41, 5.74) is 0.594. The first-order chi connectivity index (χ1) is 13.0. The van der Waals surface area contributed by atoms with Crippen molar-refractivity contribution in [2.75, 3.05) is 7.11 Å². The second-order valence-electron chi connectivity index (χ2n) is 7.45. The van der Waals surface area contributed by atoms with E-state index < -0.39 is 11.2 Å². The molecular formula is C24H30O3. The number of rotatable bonds is 8. The molecule has 0 unspecified atom stereocenters. The van der Waals surface area contributed by atoms with Crippen molar-refractivity contribution in [2.24, 2.45) is 0 Å². The zero-order valence-corrected chi connectivity index (χ0v) is 16.7. The Bertz CT molecular complexity index is 782. The maximum absolute atomic E-state index is 12.0. The van der Waals surface area contributed by atoms with Gasteiger partial charge in [0.05, 0.1) is 6.10 Å². The number of aliphatic hydroxyl groups is 1. The summed E-state index contributed by atoms with van der Waals surface area (Å²) in [5, 5.41) is 12.0. The minimum atomic E-state index is -1.15. The quantitative estimate of drug-likeness (QED) is 0.689. The molecule has 3 rings (SSSR count). The minimum Gasteiger partial charge on any atom is -0.491 e. The second-order valence-corrected chi connectivity index (χ2v) is 7.45. The van der Waals surface area contributed by atoms with Gasteiger partial charge < -0.3 is 14.6 Å². The van der Waals surface area contributed by atoms with E-state index in [0.717, 1.165) is 35.3 Å². The molecule has 0 saturated carbocycles. The van der Waals surface area contributed by atoms with Crippen LogP contribution >= 0.6 is 0 Å². The van der Waals surface area contributed by atoms with E-state index in [9.17, 15) is 5.11 Å². The van der Waals surface area contributed by atoms with Crippen LogP contribution in [0.4, 0.5) is 0 Å². The summed E-state index contributed by atoms with van der Waals surface area (Å²) in [6.45, 7) is 6.14. The molecule has 3 heteroatoms. The van der Waals surface area contributed by atoms with Crippen molar-refractivity contribution in [3.05, 3.63) is 77.5 Å². The Morgan fingerprint density at radius 2 is 1.56 bits per heavy atom. The minimum absolute atomic E-state index is 0.0207. The number of hydrogen-bond acceptors (Lipinski definition) is 3. The SMILES string of the molecule is CCCC[C@@]1(O)C(c2ccccc2)=C(OC(C)C)[C@@]1(OC)c1ccccc1. The molecule has 0 heterocycles. The third-order valence-corrected chi connectivity index (χ3v) is 5.34. The van der Waals surface area contributed by atoms with E-state index in [1.165, 1.54) is 0 Å². The van der Waals surface area contributed by atoms with Crippen molar-refractivity contribution in [1.29, 1.82) is 0 Å². The van der Waals surface area contributed by atoms with Crippen molar-refractivity contribution < 1.29 is 14.6 Å². The molecular weight excluding hydrogens is 336 g/mol. The number of methoxy groups -OCH3 is 1. The van der Waals surface area contributed by atoms with Crippen molar-refractivity contribution >= 4 is 5.57 Å². The summed E-state index contributed by atoms with van der Waals surface area (Å²) < 4.78 is 12.4. The van der Waals surface area contributed by atoms with Crippen molar-refractivity contribution in [3.63, 3.8) is 0 Å². The molecule has 0 bridgehead atoms. The first kappa shape index (κ1) is 19.7. The summed E-state index contributed by atoms with van der Waals surface area (Å²) in [5.74, 6) is 0.719. The molecule has 3 nitrogen and oxygen atoms in total. The molecule has 0 radical (unpaired) electrons. The highest BCUT2D eigenvalue weighted by atomic mass is 16.6. The number of benzene rings is 2. The van der Waals surface area contributed by atoms with Crippen LogP contribution in [0.25, 0.3) is 5.57 Å². The zero-order valence-electron chi connectivity index (χ0n) is 16.7. The molecule has 0 saturated heterocycles. The number of ether oxygens (including phenoxy) is 2. The Morgan fingerprint density at radius 3 is 2.07 bits per heavy atom. The van der Waals surface area contributed by atoms with Gasteiger partial charge >= 0.3 is 0 Å². The molecule has 2 aromatic carbocycles. The van der Waals surface area contributed by atoms with Gasteiger partial charge in [-0.2, -0.15) is 0 Å². The predicted octanol–water partition coefficient (Wildman–Crippen LogP) is 5.30. The fourth-order valence-corrected chi connectivity index (χ4v) is 4.17. The van der Waals surface area contributed by atoms with Gasteiger partial charge in [-0.05, 0) is 31.4 Å². The van der Waals surface area contributed by atoms with Crippen molar-refractivity contribution in [2.45, 2.75) is 57.3 Å². The van der Waals surface area contributed by atoms with E-state index in [1.54, 1.807) is 7.11 Å². The molecule has 2 atom stereocenters. The van der Waals surface area contributed by atoms with E-state index >= 15 is 0 Å². The maximum Gasteiger partial charge on any atom is 0.183 e. The molecule has 1 aliphatic rings. The Kier molecular flexibility index (Phi) is 5.73. The van der Waals surface area contributed by atoms with Crippen LogP contribution in [0.15, 0.2) is 66.4 Å². The summed E-state index contributed by atoms with van der Waals surface area (Å²) in [7, 11) is 1.66. The van der Waals surface area contributed by atoms with Crippen LogP contribution < -0.4 is 0 Å². The van der Waals surface area contributed by atoms with Crippen LogP contribution in [0.2, 0.25) is 0 Å². The average molecular weight is 367 g/mol. The van der Waals surface area contributed by atoms with Gasteiger partial charge in [-0.3, -0.25) is 0 Å². The van der Waals surface area contributed by atoms with Crippen LogP contribution in [0.1, 0.15) is 51.2 Å². The predicted molar refractivity (Wildman–Crippen MR) is 109 cm³/mol. The Hall–Kier alpha value is -2.10. The molecule has 0 spiro atoms. The largest absolute Gasteiger partial charge is 0.491 e. The molecule has 0 fully saturated rings. The van der Waals surface area contributed by atoms with Crippen molar-refractivity contribution in [1.82, 2.24) is 0 Å². The third kappa shape index (κ3) is 3.09. The molecule has 0 aromatic heterocycles. The van der Waals surface area contributed by atoms with Crippen LogP contribution in [0.5, 0.6) is 0 Å². The number of hydrogen-bond donors (Lipinski definition) is 1. The van der Waals surface area contributed by atoms with E-state index in [0.29, 0.717) is 6.42 Å². The molecule has 144 valence electrons. The normalized spacial score (nSPS) is 24.8. The fraction of sp³-hybridized carbons (Fsp3) is 0.417. The first-order valence-electron chi connectivity index (χ1n) is 9.81.